The second kappa shape index (κ2) is 3.68. The monoisotopic (exact) mass is 100 g/mol. The Hall–Kier alpha value is -0.500. The Morgan fingerprint density at radius 2 is 2.57 bits per heavy atom. The van der Waals surface area contributed by atoms with Crippen LogP contribution in [0, 0.1) is 6.92 Å². The van der Waals surface area contributed by atoms with Gasteiger partial charge in [-0.15, -0.1) is 0 Å². The lowest BCUT2D eigenvalue weighted by Crippen LogP contribution is -1.94. The third-order valence-electron chi connectivity index (χ3n) is 0.583. The van der Waals surface area contributed by atoms with Crippen molar-refractivity contribution in [3.8, 4) is 0 Å². The quantitative estimate of drug-likeness (QED) is 0.415. The molecule has 1 radical (unpaired) electrons. The van der Waals surface area contributed by atoms with Gasteiger partial charge in [0.1, 0.15) is 5.76 Å². The molecule has 0 saturated heterocycles. The largest absolute Gasteiger partial charge is 0.416 e. The molecule has 0 aliphatic carbocycles. The minimum Gasteiger partial charge on any atom is -0.416 e. The standard InChI is InChI=1S/C5H10NO/c1-3-4-5(2)7-6/h4H,2-3,6H2,1H3. The Labute approximate surface area is 43.9 Å². The number of hydrogen-bond acceptors (Lipinski definition) is 2. The van der Waals surface area contributed by atoms with Crippen molar-refractivity contribution in [3.63, 3.8) is 0 Å². The summed E-state index contributed by atoms with van der Waals surface area (Å²) in [6.45, 7) is 5.45. The van der Waals surface area contributed by atoms with Crippen LogP contribution in [0.5, 0.6) is 0 Å². The molecule has 0 aromatic heterocycles. The van der Waals surface area contributed by atoms with Crippen LogP contribution in [0.3, 0.4) is 0 Å². The highest BCUT2D eigenvalue weighted by Crippen LogP contribution is 1.89. The number of hydrogen-bond donors (Lipinski definition) is 1. The van der Waals surface area contributed by atoms with Crippen molar-refractivity contribution in [1.29, 1.82) is 0 Å². The second-order valence-corrected chi connectivity index (χ2v) is 1.20. The Bertz CT molecular complexity index is 68.5. The van der Waals surface area contributed by atoms with E-state index in [0.717, 1.165) is 6.42 Å². The Balaban J connectivity index is 3.29. The van der Waals surface area contributed by atoms with Gasteiger partial charge in [0.25, 0.3) is 0 Å². The highest BCUT2D eigenvalue weighted by atomic mass is 16.6. The molecule has 41 valence electrons. The van der Waals surface area contributed by atoms with E-state index in [0.29, 0.717) is 5.76 Å². The van der Waals surface area contributed by atoms with Crippen LogP contribution in [0.25, 0.3) is 0 Å². The van der Waals surface area contributed by atoms with Gasteiger partial charge in [0.15, 0.2) is 0 Å². The van der Waals surface area contributed by atoms with E-state index < -0.39 is 0 Å². The van der Waals surface area contributed by atoms with Crippen LogP contribution >= 0.6 is 0 Å². The van der Waals surface area contributed by atoms with Gasteiger partial charge in [-0.05, 0) is 12.5 Å². The zero-order valence-electron chi connectivity index (χ0n) is 4.48. The highest BCUT2D eigenvalue weighted by molar-refractivity contribution is 4.94. The zero-order chi connectivity index (χ0) is 5.70. The zero-order valence-corrected chi connectivity index (χ0v) is 4.48. The van der Waals surface area contributed by atoms with Crippen molar-refractivity contribution >= 4 is 0 Å². The average molecular weight is 100 g/mol. The van der Waals surface area contributed by atoms with Gasteiger partial charge in [-0.25, -0.2) is 0 Å². The molecule has 0 saturated carbocycles. The molecule has 0 rings (SSSR count). The van der Waals surface area contributed by atoms with Crippen LogP contribution in [-0.2, 0) is 4.84 Å². The van der Waals surface area contributed by atoms with E-state index in [-0.39, 0.29) is 0 Å². The first kappa shape index (κ1) is 6.50. The highest BCUT2D eigenvalue weighted by Gasteiger charge is 1.78. The summed E-state index contributed by atoms with van der Waals surface area (Å²) in [7, 11) is 0. The molecule has 0 atom stereocenters. The van der Waals surface area contributed by atoms with Crippen molar-refractivity contribution in [1.82, 2.24) is 0 Å². The van der Waals surface area contributed by atoms with E-state index in [1.807, 2.05) is 6.92 Å². The van der Waals surface area contributed by atoms with E-state index in [2.05, 4.69) is 11.8 Å². The van der Waals surface area contributed by atoms with Gasteiger partial charge in [-0.1, -0.05) is 6.92 Å². The van der Waals surface area contributed by atoms with E-state index in [4.69, 9.17) is 5.90 Å². The number of rotatable bonds is 2. The lowest BCUT2D eigenvalue weighted by Gasteiger charge is -1.92. The summed E-state index contributed by atoms with van der Waals surface area (Å²) >= 11 is 0. The second-order valence-electron chi connectivity index (χ2n) is 1.20. The smallest absolute Gasteiger partial charge is 0.120 e. The maximum atomic E-state index is 4.73. The Kier molecular flexibility index (Phi) is 3.42. The van der Waals surface area contributed by atoms with Gasteiger partial charge < -0.3 is 4.84 Å². The van der Waals surface area contributed by atoms with E-state index in [9.17, 15) is 0 Å². The van der Waals surface area contributed by atoms with Crippen LogP contribution in [0.2, 0.25) is 0 Å². The maximum absolute atomic E-state index is 4.73. The molecule has 0 amide bonds. The first-order valence-electron chi connectivity index (χ1n) is 2.20. The summed E-state index contributed by atoms with van der Waals surface area (Å²) < 4.78 is 0. The molecule has 0 fully saturated rings. The topological polar surface area (TPSA) is 35.2 Å². The predicted octanol–water partition coefficient (Wildman–Crippen LogP) is 1.00. The minimum atomic E-state index is 0.530. The lowest BCUT2D eigenvalue weighted by atomic mass is 10.4. The maximum Gasteiger partial charge on any atom is 0.120 e. The molecule has 0 aromatic carbocycles. The number of nitrogens with two attached hydrogens (primary N) is 1. The molecule has 0 bridgehead atoms. The summed E-state index contributed by atoms with van der Waals surface area (Å²) in [6, 6.07) is 0. The molecule has 0 aromatic rings. The van der Waals surface area contributed by atoms with Crippen molar-refractivity contribution in [2.24, 2.45) is 5.90 Å². The van der Waals surface area contributed by atoms with E-state index >= 15 is 0 Å². The molecule has 2 N–H and O–H groups in total. The third kappa shape index (κ3) is 3.33. The number of allylic oxidation sites excluding steroid dienone is 2. The summed E-state index contributed by atoms with van der Waals surface area (Å²) in [5, 5.41) is 0. The molecule has 0 heterocycles. The van der Waals surface area contributed by atoms with Crippen molar-refractivity contribution in [2.45, 2.75) is 13.3 Å². The first-order chi connectivity index (χ1) is 3.31. The van der Waals surface area contributed by atoms with Gasteiger partial charge in [-0.2, -0.15) is 5.90 Å². The van der Waals surface area contributed by atoms with Gasteiger partial charge in [0, 0.05) is 6.92 Å². The van der Waals surface area contributed by atoms with E-state index in [1.54, 1.807) is 6.08 Å². The minimum absolute atomic E-state index is 0.530. The molecule has 2 heteroatoms. The first-order valence-corrected chi connectivity index (χ1v) is 2.20. The molecule has 0 spiro atoms. The average Bonchev–Trinajstić information content (AvgIpc) is 1.68. The fourth-order valence-electron chi connectivity index (χ4n) is 0.276. The van der Waals surface area contributed by atoms with E-state index in [1.165, 1.54) is 0 Å². The summed E-state index contributed by atoms with van der Waals surface area (Å²) in [6.07, 6.45) is 2.72. The molecular formula is C5H10NO. The third-order valence-corrected chi connectivity index (χ3v) is 0.583. The van der Waals surface area contributed by atoms with Crippen LogP contribution < -0.4 is 5.90 Å². The van der Waals surface area contributed by atoms with Gasteiger partial charge in [-0.3, -0.25) is 0 Å². The normalized spacial score (nSPS) is 11.6. The predicted molar refractivity (Wildman–Crippen MR) is 29.0 cm³/mol. The van der Waals surface area contributed by atoms with Crippen molar-refractivity contribution in [2.75, 3.05) is 0 Å². The Morgan fingerprint density at radius 1 is 2.00 bits per heavy atom. The fraction of sp³-hybridized carbons (Fsp3) is 0.400. The fourth-order valence-corrected chi connectivity index (χ4v) is 0.276. The van der Waals surface area contributed by atoms with Crippen molar-refractivity contribution < 1.29 is 4.84 Å². The molecule has 7 heavy (non-hydrogen) atoms. The molecule has 0 aliphatic heterocycles. The Morgan fingerprint density at radius 3 is 2.71 bits per heavy atom. The molecule has 0 unspecified atom stereocenters. The van der Waals surface area contributed by atoms with Gasteiger partial charge >= 0.3 is 0 Å². The van der Waals surface area contributed by atoms with Crippen molar-refractivity contribution in [3.05, 3.63) is 18.8 Å². The summed E-state index contributed by atoms with van der Waals surface area (Å²) in [5.74, 6) is 5.26. The van der Waals surface area contributed by atoms with Crippen LogP contribution in [-0.4, -0.2) is 0 Å². The van der Waals surface area contributed by atoms with Gasteiger partial charge in [0.05, 0.1) is 0 Å². The van der Waals surface area contributed by atoms with Crippen LogP contribution in [0.15, 0.2) is 11.8 Å². The van der Waals surface area contributed by atoms with Gasteiger partial charge in [0.2, 0.25) is 0 Å². The summed E-state index contributed by atoms with van der Waals surface area (Å²) in [4.78, 5) is 4.24. The molecular weight excluding hydrogens is 90.1 g/mol. The van der Waals surface area contributed by atoms with Crippen LogP contribution in [0.1, 0.15) is 13.3 Å². The molecule has 2 nitrogen and oxygen atoms in total. The summed E-state index contributed by atoms with van der Waals surface area (Å²) in [5.41, 5.74) is 0. The SMILES string of the molecule is [CH2]C(=CCC)ON. The molecule has 0 aliphatic rings. The van der Waals surface area contributed by atoms with Crippen LogP contribution in [0.4, 0.5) is 0 Å². The lowest BCUT2D eigenvalue weighted by molar-refractivity contribution is 0.232.